The van der Waals surface area contributed by atoms with Gasteiger partial charge in [0.05, 0.1) is 42.6 Å². The molecule has 6 rings (SSSR count). The summed E-state index contributed by atoms with van der Waals surface area (Å²) in [5.41, 5.74) is 0.870. The lowest BCUT2D eigenvalue weighted by atomic mass is 9.43. The molecule has 52 heavy (non-hydrogen) atoms. The van der Waals surface area contributed by atoms with Gasteiger partial charge in [-0.1, -0.05) is 50.0 Å². The van der Waals surface area contributed by atoms with Crippen LogP contribution in [-0.2, 0) is 0 Å². The van der Waals surface area contributed by atoms with Crippen LogP contribution >= 0.6 is 23.2 Å². The molecule has 2 aromatic carbocycles. The number of halogens is 2. The zero-order chi connectivity index (χ0) is 37.9. The molecule has 284 valence electrons. The second-order valence-corrected chi connectivity index (χ2v) is 17.2. The summed E-state index contributed by atoms with van der Waals surface area (Å²) in [7, 11) is 2.69. The maximum atomic E-state index is 12.2. The van der Waals surface area contributed by atoms with Crippen LogP contribution in [0.2, 0.25) is 10.0 Å². The van der Waals surface area contributed by atoms with E-state index in [1.807, 2.05) is 6.08 Å². The molecule has 0 aliphatic heterocycles. The molecule has 0 heterocycles. The Kier molecular flexibility index (Phi) is 11.1. The van der Waals surface area contributed by atoms with Gasteiger partial charge in [0.2, 0.25) is 0 Å². The molecule has 0 saturated heterocycles. The Morgan fingerprint density at radius 1 is 0.865 bits per heavy atom. The van der Waals surface area contributed by atoms with Crippen molar-refractivity contribution in [2.75, 3.05) is 14.2 Å². The summed E-state index contributed by atoms with van der Waals surface area (Å²) in [6, 6.07) is 6.13. The molecule has 4 aliphatic rings. The molecular formula is C41H52Cl2O9. The number of fused-ring (bicyclic) bond motifs is 5. The molecule has 0 amide bonds. The zero-order valence-corrected chi connectivity index (χ0v) is 32.1. The Bertz CT molecular complexity index is 1670. The number of aliphatic hydroxyl groups excluding tert-OH is 3. The maximum absolute atomic E-state index is 12.2. The van der Waals surface area contributed by atoms with E-state index in [0.29, 0.717) is 36.0 Å². The number of allylic oxidation sites excluding steroid dienone is 1. The molecule has 11 atom stereocenters. The van der Waals surface area contributed by atoms with Gasteiger partial charge < -0.3 is 35.0 Å². The lowest BCUT2D eigenvalue weighted by Crippen LogP contribution is -2.62. The zero-order valence-electron chi connectivity index (χ0n) is 30.6. The van der Waals surface area contributed by atoms with E-state index in [-0.39, 0.29) is 85.1 Å². The predicted molar refractivity (Wildman–Crippen MR) is 199 cm³/mol. The van der Waals surface area contributed by atoms with Crippen LogP contribution in [0.4, 0.5) is 0 Å². The molecule has 0 radical (unpaired) electrons. The number of hydrogen-bond donors (Lipinski definition) is 5. The lowest BCUT2D eigenvalue weighted by Gasteiger charge is -2.63. The van der Waals surface area contributed by atoms with Crippen molar-refractivity contribution in [1.82, 2.24) is 0 Å². The fourth-order valence-corrected chi connectivity index (χ4v) is 12.0. The monoisotopic (exact) mass is 758 g/mol. The van der Waals surface area contributed by atoms with Crippen molar-refractivity contribution >= 4 is 40.7 Å². The maximum Gasteiger partial charge on any atom is 0.339 e. The van der Waals surface area contributed by atoms with E-state index in [1.165, 1.54) is 26.4 Å². The van der Waals surface area contributed by atoms with Gasteiger partial charge in [0.25, 0.3) is 0 Å². The van der Waals surface area contributed by atoms with Gasteiger partial charge in [-0.15, -0.1) is 0 Å². The Labute approximate surface area is 315 Å². The van der Waals surface area contributed by atoms with E-state index in [4.69, 9.17) is 32.7 Å². The normalized spacial score (nSPS) is 34.3. The van der Waals surface area contributed by atoms with Gasteiger partial charge in [-0.25, -0.2) is 9.59 Å². The third kappa shape index (κ3) is 6.52. The van der Waals surface area contributed by atoms with E-state index in [2.05, 4.69) is 20.8 Å². The minimum atomic E-state index is -1.22. The topological polar surface area (TPSA) is 154 Å². The smallest absolute Gasteiger partial charge is 0.339 e. The molecule has 0 bridgehead atoms. The summed E-state index contributed by atoms with van der Waals surface area (Å²) in [5.74, 6) is -1.16. The van der Waals surface area contributed by atoms with Crippen LogP contribution in [0.25, 0.3) is 5.57 Å². The highest BCUT2D eigenvalue weighted by molar-refractivity contribution is 6.33. The first kappa shape index (κ1) is 38.9. The second kappa shape index (κ2) is 14.8. The van der Waals surface area contributed by atoms with Crippen LogP contribution in [0.3, 0.4) is 0 Å². The number of carbonyl (C=O) groups is 2. The van der Waals surface area contributed by atoms with Crippen LogP contribution in [0, 0.1) is 46.3 Å². The van der Waals surface area contributed by atoms with Crippen molar-refractivity contribution in [2.24, 2.45) is 46.3 Å². The van der Waals surface area contributed by atoms with Crippen LogP contribution < -0.4 is 9.47 Å². The van der Waals surface area contributed by atoms with E-state index >= 15 is 0 Å². The van der Waals surface area contributed by atoms with E-state index in [1.54, 1.807) is 12.1 Å². The Morgan fingerprint density at radius 3 is 1.98 bits per heavy atom. The van der Waals surface area contributed by atoms with Crippen LogP contribution in [0.15, 0.2) is 30.3 Å². The molecule has 4 fully saturated rings. The number of ether oxygens (including phenoxy) is 2. The van der Waals surface area contributed by atoms with Crippen molar-refractivity contribution in [3.05, 3.63) is 62.6 Å². The SMILES string of the molecule is COc1c(Cl)cc(C(=CCC[C@@H](C)[C@H]2CC[C@H]3[C@@H]4[C@H](O)C[C@@H]5C[C@H](O)CC[C@]5(C)[C@H]4C[C@H](O)[C@]23C)c2cc(Cl)c(OC)c(C(=O)O)c2)cc1C(=O)O. The van der Waals surface area contributed by atoms with Crippen molar-refractivity contribution < 1.29 is 44.6 Å². The standard InChI is InChI=1S/C41H52Cl2O9/c1-20(28-9-10-29-35-30(19-34(46)41(28,29)3)40(2)12-11-24(44)17-23(40)18-33(35)45)7-6-8-25(21-13-26(38(47)48)36(51-4)31(42)15-21)22-14-27(39(49)50)37(52-5)32(43)16-22/h8,13-16,20,23-24,28-30,33-35,44-46H,6-7,9-12,17-19H2,1-5H3,(H,47,48)(H,49,50)/t20-,23+,24-,28-,29+,30+,33-,34+,35+,40+,41-/m1/s1. The Morgan fingerprint density at radius 2 is 1.44 bits per heavy atom. The van der Waals surface area contributed by atoms with Gasteiger partial charge in [-0.2, -0.15) is 0 Å². The summed E-state index contributed by atoms with van der Waals surface area (Å²) < 4.78 is 10.6. The molecule has 2 aromatic rings. The number of aromatic carboxylic acids is 2. The van der Waals surface area contributed by atoms with Crippen LogP contribution in [-0.4, -0.2) is 70.0 Å². The first-order valence-corrected chi connectivity index (χ1v) is 19.3. The number of carboxylic acids is 2. The van der Waals surface area contributed by atoms with Gasteiger partial charge in [0.1, 0.15) is 11.1 Å². The molecular weight excluding hydrogens is 707 g/mol. The van der Waals surface area contributed by atoms with Gasteiger partial charge in [-0.05, 0) is 145 Å². The lowest BCUT2D eigenvalue weighted by molar-refractivity contribution is -0.207. The van der Waals surface area contributed by atoms with Crippen molar-refractivity contribution in [2.45, 2.75) is 96.9 Å². The fourth-order valence-electron chi connectivity index (χ4n) is 11.5. The van der Waals surface area contributed by atoms with Gasteiger partial charge in [0, 0.05) is 0 Å². The number of aliphatic hydroxyl groups is 3. The van der Waals surface area contributed by atoms with Gasteiger partial charge in [-0.3, -0.25) is 0 Å². The Hall–Kier alpha value is -2.82. The average molecular weight is 760 g/mol. The van der Waals surface area contributed by atoms with Gasteiger partial charge >= 0.3 is 11.9 Å². The number of carboxylic acid groups (broad SMARTS) is 2. The van der Waals surface area contributed by atoms with E-state index in [0.717, 1.165) is 38.5 Å². The first-order chi connectivity index (χ1) is 24.6. The second-order valence-electron chi connectivity index (χ2n) is 16.4. The fraction of sp³-hybridized carbons (Fsp3) is 0.610. The van der Waals surface area contributed by atoms with Crippen molar-refractivity contribution in [1.29, 1.82) is 0 Å². The van der Waals surface area contributed by atoms with Crippen LogP contribution in [0.1, 0.15) is 110 Å². The number of methoxy groups -OCH3 is 2. The summed E-state index contributed by atoms with van der Waals surface area (Å²) in [4.78, 5) is 24.5. The number of benzene rings is 2. The molecule has 0 unspecified atom stereocenters. The Balaban J connectivity index is 1.30. The quantitative estimate of drug-likeness (QED) is 0.161. The minimum Gasteiger partial charge on any atom is -0.494 e. The summed E-state index contributed by atoms with van der Waals surface area (Å²) in [6.45, 7) is 6.80. The summed E-state index contributed by atoms with van der Waals surface area (Å²) in [5, 5.41) is 54.3. The molecule has 9 nitrogen and oxygen atoms in total. The molecule has 4 saturated carbocycles. The highest BCUT2D eigenvalue weighted by atomic mass is 35.5. The molecule has 0 aromatic heterocycles. The highest BCUT2D eigenvalue weighted by Crippen LogP contribution is 2.68. The third-order valence-electron chi connectivity index (χ3n) is 14.1. The van der Waals surface area contributed by atoms with E-state index in [9.17, 15) is 35.1 Å². The molecule has 11 heteroatoms. The largest absolute Gasteiger partial charge is 0.494 e. The highest BCUT2D eigenvalue weighted by Gasteiger charge is 2.65. The average Bonchev–Trinajstić information content (AvgIpc) is 3.45. The van der Waals surface area contributed by atoms with E-state index < -0.39 is 24.1 Å². The summed E-state index contributed by atoms with van der Waals surface area (Å²) in [6.07, 6.45) is 7.76. The van der Waals surface area contributed by atoms with Crippen molar-refractivity contribution in [3.63, 3.8) is 0 Å². The molecule has 0 spiro atoms. The minimum absolute atomic E-state index is 0.00600. The predicted octanol–water partition coefficient (Wildman–Crippen LogP) is 8.22. The number of rotatable bonds is 10. The molecule has 4 aliphatic carbocycles. The summed E-state index contributed by atoms with van der Waals surface area (Å²) >= 11 is 13.1. The number of hydrogen-bond acceptors (Lipinski definition) is 7. The third-order valence-corrected chi connectivity index (χ3v) is 14.6. The van der Waals surface area contributed by atoms with Gasteiger partial charge in [0.15, 0.2) is 11.5 Å². The molecule has 5 N–H and O–H groups in total. The van der Waals surface area contributed by atoms with Crippen molar-refractivity contribution in [3.8, 4) is 11.5 Å². The van der Waals surface area contributed by atoms with Crippen LogP contribution in [0.5, 0.6) is 11.5 Å². The first-order valence-electron chi connectivity index (χ1n) is 18.5.